The normalized spacial score (nSPS) is 10.7. The van der Waals surface area contributed by atoms with Crippen molar-refractivity contribution in [3.05, 3.63) is 66.3 Å². The Bertz CT molecular complexity index is 1110. The van der Waals surface area contributed by atoms with Crippen molar-refractivity contribution in [1.82, 2.24) is 25.3 Å². The van der Waals surface area contributed by atoms with Crippen LogP contribution in [-0.4, -0.2) is 31.2 Å². The van der Waals surface area contributed by atoms with Crippen LogP contribution in [0.2, 0.25) is 0 Å². The Kier molecular flexibility index (Phi) is 5.28. The topological polar surface area (TPSA) is 119 Å². The molecule has 4 rings (SSSR count). The molecule has 0 fully saturated rings. The van der Waals surface area contributed by atoms with Gasteiger partial charge in [0.05, 0.1) is 0 Å². The molecular formula is C20H18N6O3. The SMILES string of the molecule is Cc1cccc(Oc2cccc(NC(=O)CCc3nc(-c4ncn[nH]4)no3)c2)c1. The van der Waals surface area contributed by atoms with Crippen LogP contribution in [-0.2, 0) is 11.2 Å². The molecule has 0 aliphatic carbocycles. The summed E-state index contributed by atoms with van der Waals surface area (Å²) in [6.07, 6.45) is 1.86. The summed E-state index contributed by atoms with van der Waals surface area (Å²) < 4.78 is 11.0. The van der Waals surface area contributed by atoms with Crippen LogP contribution < -0.4 is 10.1 Å². The molecule has 2 aromatic carbocycles. The number of aryl methyl sites for hydroxylation is 2. The van der Waals surface area contributed by atoms with Crippen molar-refractivity contribution < 1.29 is 14.1 Å². The molecule has 0 spiro atoms. The van der Waals surface area contributed by atoms with Gasteiger partial charge in [-0.2, -0.15) is 10.1 Å². The summed E-state index contributed by atoms with van der Waals surface area (Å²) in [5.41, 5.74) is 1.76. The van der Waals surface area contributed by atoms with Crippen LogP contribution in [0.25, 0.3) is 11.6 Å². The number of ether oxygens (including phenoxy) is 1. The highest BCUT2D eigenvalue weighted by Crippen LogP contribution is 2.25. The number of amides is 1. The van der Waals surface area contributed by atoms with Gasteiger partial charge in [0, 0.05) is 24.6 Å². The van der Waals surface area contributed by atoms with E-state index in [-0.39, 0.29) is 12.3 Å². The predicted molar refractivity (Wildman–Crippen MR) is 104 cm³/mol. The van der Waals surface area contributed by atoms with Crippen LogP contribution in [0, 0.1) is 6.92 Å². The van der Waals surface area contributed by atoms with E-state index in [1.807, 2.05) is 43.3 Å². The summed E-state index contributed by atoms with van der Waals surface area (Å²) in [5.74, 6) is 2.28. The molecule has 0 aliphatic rings. The highest BCUT2D eigenvalue weighted by Gasteiger charge is 2.12. The van der Waals surface area contributed by atoms with Crippen molar-refractivity contribution in [2.75, 3.05) is 5.32 Å². The Morgan fingerprint density at radius 1 is 1.17 bits per heavy atom. The monoisotopic (exact) mass is 390 g/mol. The molecule has 0 saturated carbocycles. The van der Waals surface area contributed by atoms with E-state index >= 15 is 0 Å². The van der Waals surface area contributed by atoms with E-state index in [1.165, 1.54) is 6.33 Å². The fraction of sp³-hybridized carbons (Fsp3) is 0.150. The second-order valence-electron chi connectivity index (χ2n) is 6.34. The third-order valence-corrected chi connectivity index (χ3v) is 4.00. The van der Waals surface area contributed by atoms with Gasteiger partial charge in [-0.25, -0.2) is 4.98 Å². The number of carbonyl (C=O) groups is 1. The molecule has 9 nitrogen and oxygen atoms in total. The number of benzene rings is 2. The number of nitrogens with zero attached hydrogens (tertiary/aromatic N) is 4. The van der Waals surface area contributed by atoms with Gasteiger partial charge in [-0.05, 0) is 36.8 Å². The lowest BCUT2D eigenvalue weighted by molar-refractivity contribution is -0.116. The van der Waals surface area contributed by atoms with Crippen molar-refractivity contribution in [1.29, 1.82) is 0 Å². The summed E-state index contributed by atoms with van der Waals surface area (Å²) in [4.78, 5) is 20.4. The number of H-pyrrole nitrogens is 1. The zero-order chi connectivity index (χ0) is 20.1. The summed E-state index contributed by atoms with van der Waals surface area (Å²) in [6, 6.07) is 15.0. The molecule has 29 heavy (non-hydrogen) atoms. The first-order valence-corrected chi connectivity index (χ1v) is 8.98. The molecule has 0 aliphatic heterocycles. The minimum Gasteiger partial charge on any atom is -0.457 e. The van der Waals surface area contributed by atoms with E-state index in [2.05, 4.69) is 30.6 Å². The lowest BCUT2D eigenvalue weighted by Crippen LogP contribution is -2.12. The van der Waals surface area contributed by atoms with Crippen LogP contribution in [0.1, 0.15) is 17.9 Å². The predicted octanol–water partition coefficient (Wildman–Crippen LogP) is 3.53. The Balaban J connectivity index is 1.33. The smallest absolute Gasteiger partial charge is 0.239 e. The van der Waals surface area contributed by atoms with E-state index in [9.17, 15) is 4.79 Å². The van der Waals surface area contributed by atoms with Crippen LogP contribution in [0.15, 0.2) is 59.4 Å². The molecule has 0 unspecified atom stereocenters. The van der Waals surface area contributed by atoms with Crippen LogP contribution in [0.4, 0.5) is 5.69 Å². The molecule has 0 atom stereocenters. The average molecular weight is 390 g/mol. The Morgan fingerprint density at radius 3 is 2.79 bits per heavy atom. The fourth-order valence-electron chi connectivity index (χ4n) is 2.66. The maximum absolute atomic E-state index is 12.3. The second kappa shape index (κ2) is 8.34. The van der Waals surface area contributed by atoms with Gasteiger partial charge in [0.1, 0.15) is 17.8 Å². The van der Waals surface area contributed by atoms with Crippen LogP contribution in [0.3, 0.4) is 0 Å². The number of anilines is 1. The van der Waals surface area contributed by atoms with Gasteiger partial charge in [0.25, 0.3) is 0 Å². The molecule has 0 bridgehead atoms. The zero-order valence-electron chi connectivity index (χ0n) is 15.6. The van der Waals surface area contributed by atoms with Crippen molar-refractivity contribution in [2.24, 2.45) is 0 Å². The van der Waals surface area contributed by atoms with Gasteiger partial charge < -0.3 is 14.6 Å². The van der Waals surface area contributed by atoms with Crippen molar-refractivity contribution >= 4 is 11.6 Å². The maximum atomic E-state index is 12.3. The van der Waals surface area contributed by atoms with E-state index in [1.54, 1.807) is 12.1 Å². The second-order valence-corrected chi connectivity index (χ2v) is 6.34. The summed E-state index contributed by atoms with van der Waals surface area (Å²) in [6.45, 7) is 2.00. The molecule has 9 heteroatoms. The quantitative estimate of drug-likeness (QED) is 0.495. The molecule has 0 radical (unpaired) electrons. The van der Waals surface area contributed by atoms with Gasteiger partial charge >= 0.3 is 0 Å². The van der Waals surface area contributed by atoms with Crippen molar-refractivity contribution in [2.45, 2.75) is 19.8 Å². The van der Waals surface area contributed by atoms with Crippen molar-refractivity contribution in [3.63, 3.8) is 0 Å². The van der Waals surface area contributed by atoms with Gasteiger partial charge in [-0.1, -0.05) is 23.4 Å². The largest absolute Gasteiger partial charge is 0.457 e. The molecule has 1 amide bonds. The molecule has 0 saturated heterocycles. The maximum Gasteiger partial charge on any atom is 0.239 e. The fourth-order valence-corrected chi connectivity index (χ4v) is 2.66. The third-order valence-electron chi connectivity index (χ3n) is 4.00. The highest BCUT2D eigenvalue weighted by atomic mass is 16.5. The molecular weight excluding hydrogens is 372 g/mol. The molecule has 2 heterocycles. The molecule has 146 valence electrons. The summed E-state index contributed by atoms with van der Waals surface area (Å²) >= 11 is 0. The Labute approximate surface area is 166 Å². The third kappa shape index (κ3) is 4.83. The Morgan fingerprint density at radius 2 is 2.00 bits per heavy atom. The zero-order valence-corrected chi connectivity index (χ0v) is 15.6. The first-order chi connectivity index (χ1) is 14.2. The minimum atomic E-state index is -0.169. The number of carbonyl (C=O) groups excluding carboxylic acids is 1. The molecule has 2 aromatic heterocycles. The average Bonchev–Trinajstić information content (AvgIpc) is 3.38. The number of aromatic amines is 1. The van der Waals surface area contributed by atoms with Gasteiger partial charge in [-0.15, -0.1) is 0 Å². The van der Waals surface area contributed by atoms with E-state index < -0.39 is 0 Å². The first-order valence-electron chi connectivity index (χ1n) is 8.98. The van der Waals surface area contributed by atoms with E-state index in [0.29, 0.717) is 35.4 Å². The number of nitrogens with one attached hydrogen (secondary N) is 2. The number of rotatable bonds is 7. The lowest BCUT2D eigenvalue weighted by atomic mass is 10.2. The van der Waals surface area contributed by atoms with E-state index in [0.717, 1.165) is 11.3 Å². The molecule has 2 N–H and O–H groups in total. The Hall–Kier alpha value is -4.01. The summed E-state index contributed by atoms with van der Waals surface area (Å²) in [5, 5.41) is 13.0. The first kappa shape index (κ1) is 18.4. The lowest BCUT2D eigenvalue weighted by Gasteiger charge is -2.09. The van der Waals surface area contributed by atoms with Gasteiger partial charge in [0.15, 0.2) is 5.82 Å². The number of hydrogen-bond donors (Lipinski definition) is 2. The summed E-state index contributed by atoms with van der Waals surface area (Å²) in [7, 11) is 0. The molecule has 4 aromatic rings. The van der Waals surface area contributed by atoms with Crippen LogP contribution in [0.5, 0.6) is 11.5 Å². The minimum absolute atomic E-state index is 0.169. The van der Waals surface area contributed by atoms with Crippen molar-refractivity contribution in [3.8, 4) is 23.1 Å². The number of aromatic nitrogens is 5. The van der Waals surface area contributed by atoms with Gasteiger partial charge in [-0.3, -0.25) is 9.89 Å². The highest BCUT2D eigenvalue weighted by molar-refractivity contribution is 5.90. The van der Waals surface area contributed by atoms with Gasteiger partial charge in [0.2, 0.25) is 17.6 Å². The standard InChI is InChI=1S/C20H18N6O3/c1-13-4-2-6-15(10-13)28-16-7-3-5-14(11-16)23-17(27)8-9-18-24-20(26-29-18)19-21-12-22-25-19/h2-7,10-12H,8-9H2,1H3,(H,23,27)(H,21,22,25). The van der Waals surface area contributed by atoms with E-state index in [4.69, 9.17) is 9.26 Å². The number of hydrogen-bond acceptors (Lipinski definition) is 7. The van der Waals surface area contributed by atoms with Crippen LogP contribution >= 0.6 is 0 Å².